The lowest BCUT2D eigenvalue weighted by molar-refractivity contribution is -0.139. The van der Waals surface area contributed by atoms with E-state index in [0.717, 1.165) is 16.7 Å². The first kappa shape index (κ1) is 19.0. The van der Waals surface area contributed by atoms with Gasteiger partial charge < -0.3 is 9.47 Å². The van der Waals surface area contributed by atoms with E-state index in [4.69, 9.17) is 9.47 Å². The highest BCUT2D eigenvalue weighted by atomic mass is 32.2. The second-order valence-corrected chi connectivity index (χ2v) is 6.33. The van der Waals surface area contributed by atoms with E-state index in [-0.39, 0.29) is 37.2 Å². The summed E-state index contributed by atoms with van der Waals surface area (Å²) in [5, 5.41) is -0.610. The number of anilines is 1. The van der Waals surface area contributed by atoms with Gasteiger partial charge >= 0.3 is 11.9 Å². The molecule has 1 aliphatic rings. The molecule has 0 aromatic heterocycles. The molecule has 1 atom stereocenters. The number of hydrogen-bond donors (Lipinski definition) is 0. The van der Waals surface area contributed by atoms with Gasteiger partial charge in [-0.1, -0.05) is 0 Å². The maximum absolute atomic E-state index is 12.4. The van der Waals surface area contributed by atoms with Crippen LogP contribution in [-0.4, -0.2) is 48.0 Å². The quantitative estimate of drug-likeness (QED) is 0.537. The van der Waals surface area contributed by atoms with Crippen LogP contribution in [0.4, 0.5) is 5.69 Å². The van der Waals surface area contributed by atoms with Crippen LogP contribution in [0.3, 0.4) is 0 Å². The molecule has 0 radical (unpaired) electrons. The van der Waals surface area contributed by atoms with Gasteiger partial charge in [-0.25, -0.2) is 9.69 Å². The van der Waals surface area contributed by atoms with E-state index in [0.29, 0.717) is 11.3 Å². The standard InChI is InChI=1S/C17H19NO6S/c1-3-23-15(20)10-25-13-9-14(19)18(16(13)21)12-7-5-11(6-8-12)17(22)24-4-2/h5-8,13H,3-4,9-10H2,1-2H3. The third kappa shape index (κ3) is 4.60. The van der Waals surface area contributed by atoms with E-state index < -0.39 is 17.2 Å². The van der Waals surface area contributed by atoms with Crippen LogP contribution in [0.15, 0.2) is 24.3 Å². The number of rotatable bonds is 7. The summed E-state index contributed by atoms with van der Waals surface area (Å²) in [7, 11) is 0. The second kappa shape index (κ2) is 8.66. The normalized spacial score (nSPS) is 16.9. The number of ether oxygens (including phenoxy) is 2. The van der Waals surface area contributed by atoms with Crippen LogP contribution in [0.5, 0.6) is 0 Å². The second-order valence-electron chi connectivity index (χ2n) is 5.14. The van der Waals surface area contributed by atoms with Crippen LogP contribution in [0.25, 0.3) is 0 Å². The Morgan fingerprint density at radius 3 is 2.36 bits per heavy atom. The Morgan fingerprint density at radius 1 is 1.12 bits per heavy atom. The number of benzene rings is 1. The van der Waals surface area contributed by atoms with E-state index in [2.05, 4.69) is 0 Å². The highest BCUT2D eigenvalue weighted by Crippen LogP contribution is 2.30. The number of carbonyl (C=O) groups excluding carboxylic acids is 4. The highest BCUT2D eigenvalue weighted by molar-refractivity contribution is 8.01. The van der Waals surface area contributed by atoms with Gasteiger partial charge in [0.05, 0.1) is 35.5 Å². The van der Waals surface area contributed by atoms with Gasteiger partial charge in [0, 0.05) is 6.42 Å². The fourth-order valence-electron chi connectivity index (χ4n) is 2.34. The van der Waals surface area contributed by atoms with Gasteiger partial charge in [-0.15, -0.1) is 11.8 Å². The summed E-state index contributed by atoms with van der Waals surface area (Å²) in [6.45, 7) is 3.95. The molecular formula is C17H19NO6S. The first-order valence-corrected chi connectivity index (χ1v) is 8.94. The largest absolute Gasteiger partial charge is 0.465 e. The van der Waals surface area contributed by atoms with Crippen molar-refractivity contribution in [3.63, 3.8) is 0 Å². The van der Waals surface area contributed by atoms with E-state index in [1.54, 1.807) is 13.8 Å². The maximum Gasteiger partial charge on any atom is 0.338 e. The van der Waals surface area contributed by atoms with Crippen molar-refractivity contribution in [2.75, 3.05) is 23.9 Å². The molecule has 1 heterocycles. The van der Waals surface area contributed by atoms with Gasteiger partial charge in [-0.05, 0) is 38.1 Å². The van der Waals surface area contributed by atoms with Crippen molar-refractivity contribution in [2.24, 2.45) is 0 Å². The predicted octanol–water partition coefficient (Wildman–Crippen LogP) is 1.79. The first-order valence-electron chi connectivity index (χ1n) is 7.89. The molecule has 1 aromatic carbocycles. The van der Waals surface area contributed by atoms with Crippen LogP contribution in [0.1, 0.15) is 30.6 Å². The first-order chi connectivity index (χ1) is 12.0. The molecule has 1 fully saturated rings. The number of esters is 2. The molecule has 0 spiro atoms. The fourth-order valence-corrected chi connectivity index (χ4v) is 3.27. The zero-order chi connectivity index (χ0) is 18.4. The van der Waals surface area contributed by atoms with Crippen LogP contribution < -0.4 is 4.90 Å². The van der Waals surface area contributed by atoms with Crippen molar-refractivity contribution in [2.45, 2.75) is 25.5 Å². The van der Waals surface area contributed by atoms with Gasteiger partial charge in [0.25, 0.3) is 0 Å². The average Bonchev–Trinajstić information content (AvgIpc) is 2.87. The molecule has 0 saturated carbocycles. The molecule has 1 aromatic rings. The van der Waals surface area contributed by atoms with Crippen molar-refractivity contribution in [1.29, 1.82) is 0 Å². The lowest BCUT2D eigenvalue weighted by Crippen LogP contribution is -2.31. The van der Waals surface area contributed by atoms with Crippen LogP contribution in [-0.2, 0) is 23.9 Å². The molecule has 1 aliphatic heterocycles. The topological polar surface area (TPSA) is 90.0 Å². The predicted molar refractivity (Wildman–Crippen MR) is 92.4 cm³/mol. The Bertz CT molecular complexity index is 672. The van der Waals surface area contributed by atoms with Crippen LogP contribution in [0, 0.1) is 0 Å². The van der Waals surface area contributed by atoms with E-state index in [1.807, 2.05) is 0 Å². The van der Waals surface area contributed by atoms with Crippen molar-refractivity contribution < 1.29 is 28.7 Å². The summed E-state index contributed by atoms with van der Waals surface area (Å²) < 4.78 is 9.71. The van der Waals surface area contributed by atoms with Gasteiger partial charge in [0.1, 0.15) is 0 Å². The van der Waals surface area contributed by atoms with Gasteiger partial charge in [-0.3, -0.25) is 14.4 Å². The SMILES string of the molecule is CCOC(=O)CSC1CC(=O)N(c2ccc(C(=O)OCC)cc2)C1=O. The number of thioether (sulfide) groups is 1. The van der Waals surface area contributed by atoms with Gasteiger partial charge in [0.2, 0.25) is 11.8 Å². The fraction of sp³-hybridized carbons (Fsp3) is 0.412. The molecule has 1 unspecified atom stereocenters. The van der Waals surface area contributed by atoms with Gasteiger partial charge in [0.15, 0.2) is 0 Å². The summed E-state index contributed by atoms with van der Waals surface area (Å²) in [5.74, 6) is -1.56. The molecule has 1 saturated heterocycles. The Kier molecular flexibility index (Phi) is 6.58. The zero-order valence-corrected chi connectivity index (χ0v) is 14.8. The summed E-state index contributed by atoms with van der Waals surface area (Å²) in [6, 6.07) is 6.07. The zero-order valence-electron chi connectivity index (χ0n) is 14.0. The minimum absolute atomic E-state index is 0.0210. The molecular weight excluding hydrogens is 346 g/mol. The molecule has 8 heteroatoms. The third-order valence-corrected chi connectivity index (χ3v) is 4.62. The van der Waals surface area contributed by atoms with Crippen molar-refractivity contribution in [1.82, 2.24) is 0 Å². The number of nitrogens with zero attached hydrogens (tertiary/aromatic N) is 1. The van der Waals surface area contributed by atoms with E-state index in [9.17, 15) is 19.2 Å². The number of imide groups is 1. The minimum Gasteiger partial charge on any atom is -0.465 e. The molecule has 134 valence electrons. The molecule has 7 nitrogen and oxygen atoms in total. The minimum atomic E-state index is -0.610. The molecule has 0 aliphatic carbocycles. The molecule has 25 heavy (non-hydrogen) atoms. The number of carbonyl (C=O) groups is 4. The maximum atomic E-state index is 12.4. The Hall–Kier alpha value is -2.35. The van der Waals surface area contributed by atoms with E-state index >= 15 is 0 Å². The monoisotopic (exact) mass is 365 g/mol. The summed E-state index contributed by atoms with van der Waals surface area (Å²) in [5.41, 5.74) is 0.736. The lowest BCUT2D eigenvalue weighted by Gasteiger charge is -2.15. The summed E-state index contributed by atoms with van der Waals surface area (Å²) in [4.78, 5) is 48.7. The van der Waals surface area contributed by atoms with Crippen LogP contribution in [0.2, 0.25) is 0 Å². The Balaban J connectivity index is 2.04. The summed E-state index contributed by atoms with van der Waals surface area (Å²) >= 11 is 1.10. The summed E-state index contributed by atoms with van der Waals surface area (Å²) in [6.07, 6.45) is 0.0303. The highest BCUT2D eigenvalue weighted by Gasteiger charge is 2.40. The van der Waals surface area contributed by atoms with Crippen molar-refractivity contribution >= 4 is 41.2 Å². The van der Waals surface area contributed by atoms with E-state index in [1.165, 1.54) is 24.3 Å². The third-order valence-electron chi connectivity index (χ3n) is 3.45. The lowest BCUT2D eigenvalue weighted by atomic mass is 10.2. The average molecular weight is 365 g/mol. The Morgan fingerprint density at radius 2 is 1.76 bits per heavy atom. The van der Waals surface area contributed by atoms with Gasteiger partial charge in [-0.2, -0.15) is 0 Å². The number of hydrogen-bond acceptors (Lipinski definition) is 7. The van der Waals surface area contributed by atoms with Crippen molar-refractivity contribution in [3.05, 3.63) is 29.8 Å². The molecule has 2 rings (SSSR count). The molecule has 0 N–H and O–H groups in total. The molecule has 2 amide bonds. The van der Waals surface area contributed by atoms with Crippen molar-refractivity contribution in [3.8, 4) is 0 Å². The van der Waals surface area contributed by atoms with Crippen LogP contribution >= 0.6 is 11.8 Å². The molecule has 0 bridgehead atoms. The Labute approximate surface area is 149 Å². The smallest absolute Gasteiger partial charge is 0.338 e. The number of amides is 2.